The first-order valence-electron chi connectivity index (χ1n) is 8.49. The topological polar surface area (TPSA) is 65.1 Å². The van der Waals surface area contributed by atoms with Crippen LogP contribution < -0.4 is 0 Å². The molecule has 142 valence electrons. The maximum absolute atomic E-state index is 12.3. The van der Waals surface area contributed by atoms with Gasteiger partial charge in [-0.25, -0.2) is 9.59 Å². The molecule has 1 atom stereocenters. The van der Waals surface area contributed by atoms with E-state index in [1.54, 1.807) is 11.0 Å². The van der Waals surface area contributed by atoms with Crippen LogP contribution in [0.15, 0.2) is 24.3 Å². The van der Waals surface area contributed by atoms with Crippen molar-refractivity contribution in [2.24, 2.45) is 0 Å². The normalized spacial score (nSPS) is 18.4. The van der Waals surface area contributed by atoms with Gasteiger partial charge in [0.15, 0.2) is 8.32 Å². The highest BCUT2D eigenvalue weighted by Gasteiger charge is 2.39. The van der Waals surface area contributed by atoms with E-state index >= 15 is 0 Å². The molecule has 0 N–H and O–H groups in total. The largest absolute Gasteiger partial charge is 0.466 e. The van der Waals surface area contributed by atoms with E-state index < -0.39 is 14.4 Å². The molecule has 0 fully saturated rings. The van der Waals surface area contributed by atoms with Gasteiger partial charge < -0.3 is 13.9 Å². The van der Waals surface area contributed by atoms with Crippen LogP contribution in [-0.2, 0) is 18.7 Å². The summed E-state index contributed by atoms with van der Waals surface area (Å²) in [6.45, 7) is 15.2. The maximum Gasteiger partial charge on any atom is 0.410 e. The van der Waals surface area contributed by atoms with Gasteiger partial charge in [-0.1, -0.05) is 39.5 Å². The van der Waals surface area contributed by atoms with Crippen LogP contribution in [0, 0.1) is 0 Å². The van der Waals surface area contributed by atoms with Crippen LogP contribution in [0.1, 0.15) is 27.2 Å². The van der Waals surface area contributed by atoms with Gasteiger partial charge in [-0.2, -0.15) is 0 Å². The fourth-order valence-corrected chi connectivity index (χ4v) is 3.25. The SMILES string of the molecule is C=CCOC(=O)N1CC=C(C(=O)OC)C[C@@H]1CO[Si](C)(C)C(C)(C)C. The standard InChI is InChI=1S/C18H31NO5Si/c1-8-11-23-17(21)19-10-9-14(16(20)22-5)12-15(19)13-24-25(6,7)18(2,3)4/h8-9,15H,1,10-13H2,2-7H3/t15-/m1/s1. The van der Waals surface area contributed by atoms with Gasteiger partial charge in [0, 0.05) is 18.5 Å². The van der Waals surface area contributed by atoms with Crippen LogP contribution >= 0.6 is 0 Å². The van der Waals surface area contributed by atoms with Crippen molar-refractivity contribution in [2.45, 2.75) is 51.4 Å². The number of methoxy groups -OCH3 is 1. The van der Waals surface area contributed by atoms with Crippen molar-refractivity contribution in [3.8, 4) is 0 Å². The lowest BCUT2D eigenvalue weighted by atomic mass is 10.0. The average Bonchev–Trinajstić information content (AvgIpc) is 2.55. The molecule has 6 nitrogen and oxygen atoms in total. The minimum absolute atomic E-state index is 0.0663. The zero-order valence-corrected chi connectivity index (χ0v) is 17.3. The van der Waals surface area contributed by atoms with E-state index in [0.717, 1.165) is 0 Å². The quantitative estimate of drug-likeness (QED) is 0.407. The molecule has 1 heterocycles. The Morgan fingerprint density at radius 3 is 2.56 bits per heavy atom. The average molecular weight is 370 g/mol. The molecule has 7 heteroatoms. The first-order valence-corrected chi connectivity index (χ1v) is 11.4. The molecule has 1 amide bonds. The lowest BCUT2D eigenvalue weighted by molar-refractivity contribution is -0.136. The van der Waals surface area contributed by atoms with Crippen molar-refractivity contribution in [1.82, 2.24) is 4.90 Å². The number of hydrogen-bond donors (Lipinski definition) is 0. The van der Waals surface area contributed by atoms with E-state index in [9.17, 15) is 9.59 Å². The third-order valence-corrected chi connectivity index (χ3v) is 9.38. The molecule has 1 aliphatic heterocycles. The van der Waals surface area contributed by atoms with Crippen molar-refractivity contribution < 1.29 is 23.5 Å². The summed E-state index contributed by atoms with van der Waals surface area (Å²) < 4.78 is 16.2. The summed E-state index contributed by atoms with van der Waals surface area (Å²) in [4.78, 5) is 25.8. The van der Waals surface area contributed by atoms with E-state index in [1.165, 1.54) is 13.2 Å². The second-order valence-corrected chi connectivity index (χ2v) is 12.5. The molecule has 1 aliphatic rings. The number of ether oxygens (including phenoxy) is 2. The van der Waals surface area contributed by atoms with Crippen molar-refractivity contribution in [3.05, 3.63) is 24.3 Å². The Hall–Kier alpha value is -1.60. The molecule has 0 aliphatic carbocycles. The van der Waals surface area contributed by atoms with Crippen molar-refractivity contribution >= 4 is 20.4 Å². The zero-order valence-electron chi connectivity index (χ0n) is 16.3. The molecule has 0 spiro atoms. The molecule has 0 saturated heterocycles. The molecule has 0 aromatic heterocycles. The first kappa shape index (κ1) is 21.4. The summed E-state index contributed by atoms with van der Waals surface area (Å²) >= 11 is 0. The molecular formula is C18H31NO5Si. The number of esters is 1. The molecule has 0 bridgehead atoms. The van der Waals surface area contributed by atoms with Gasteiger partial charge in [-0.05, 0) is 18.1 Å². The Morgan fingerprint density at radius 2 is 2.04 bits per heavy atom. The second-order valence-electron chi connectivity index (χ2n) is 7.67. The van der Waals surface area contributed by atoms with E-state index in [4.69, 9.17) is 13.9 Å². The number of hydrogen-bond acceptors (Lipinski definition) is 5. The first-order chi connectivity index (χ1) is 11.5. The summed E-state index contributed by atoms with van der Waals surface area (Å²) in [5, 5.41) is 0.0663. The van der Waals surface area contributed by atoms with Crippen LogP contribution in [0.5, 0.6) is 0 Å². The highest BCUT2D eigenvalue weighted by atomic mass is 28.4. The molecule has 0 unspecified atom stereocenters. The Bertz CT molecular complexity index is 536. The predicted octanol–water partition coefficient (Wildman–Crippen LogP) is 3.50. The molecular weight excluding hydrogens is 338 g/mol. The fourth-order valence-electron chi connectivity index (χ4n) is 2.21. The predicted molar refractivity (Wildman–Crippen MR) is 99.9 cm³/mol. The summed E-state index contributed by atoms with van der Waals surface area (Å²) in [5.74, 6) is -0.364. The Kier molecular flexibility index (Phi) is 7.43. The molecule has 0 aromatic rings. The molecule has 0 radical (unpaired) electrons. The van der Waals surface area contributed by atoms with Gasteiger partial charge >= 0.3 is 12.1 Å². The highest BCUT2D eigenvalue weighted by Crippen LogP contribution is 2.37. The number of rotatable bonds is 6. The second kappa shape index (κ2) is 8.67. The van der Waals surface area contributed by atoms with E-state index in [1.807, 2.05) is 0 Å². The molecule has 1 rings (SSSR count). The van der Waals surface area contributed by atoms with Crippen molar-refractivity contribution in [2.75, 3.05) is 26.9 Å². The summed E-state index contributed by atoms with van der Waals surface area (Å²) in [6, 6.07) is -0.259. The van der Waals surface area contributed by atoms with Gasteiger partial charge in [0.2, 0.25) is 0 Å². The van der Waals surface area contributed by atoms with Crippen LogP contribution in [0.25, 0.3) is 0 Å². The number of nitrogens with zero attached hydrogens (tertiary/aromatic N) is 1. The van der Waals surface area contributed by atoms with E-state index in [2.05, 4.69) is 40.4 Å². The summed E-state index contributed by atoms with van der Waals surface area (Å²) in [6.07, 6.45) is 3.21. The van der Waals surface area contributed by atoms with Gasteiger partial charge in [-0.3, -0.25) is 4.90 Å². The zero-order chi connectivity index (χ0) is 19.3. The molecule has 0 aromatic carbocycles. The lowest BCUT2D eigenvalue weighted by Crippen LogP contribution is -2.50. The van der Waals surface area contributed by atoms with Crippen molar-refractivity contribution in [1.29, 1.82) is 0 Å². The summed E-state index contributed by atoms with van der Waals surface area (Å²) in [7, 11) is -0.611. The smallest absolute Gasteiger partial charge is 0.410 e. The number of amides is 1. The lowest BCUT2D eigenvalue weighted by Gasteiger charge is -2.40. The molecule has 0 saturated carbocycles. The third kappa shape index (κ3) is 5.71. The number of carbonyl (C=O) groups is 2. The van der Waals surface area contributed by atoms with Gasteiger partial charge in [0.05, 0.1) is 19.8 Å². The highest BCUT2D eigenvalue weighted by molar-refractivity contribution is 6.74. The van der Waals surface area contributed by atoms with Crippen LogP contribution in [0.2, 0.25) is 18.1 Å². The Labute approximate surface area is 151 Å². The summed E-state index contributed by atoms with van der Waals surface area (Å²) in [5.41, 5.74) is 0.569. The van der Waals surface area contributed by atoms with Crippen LogP contribution in [0.3, 0.4) is 0 Å². The van der Waals surface area contributed by atoms with Gasteiger partial charge in [0.25, 0.3) is 0 Å². The third-order valence-electron chi connectivity index (χ3n) is 4.88. The Balaban J connectivity index is 2.91. The fraction of sp³-hybridized carbons (Fsp3) is 0.667. The number of carbonyl (C=O) groups excluding carboxylic acids is 2. The Morgan fingerprint density at radius 1 is 1.40 bits per heavy atom. The van der Waals surface area contributed by atoms with Crippen LogP contribution in [-0.4, -0.2) is 58.2 Å². The molecule has 25 heavy (non-hydrogen) atoms. The minimum atomic E-state index is -1.97. The van der Waals surface area contributed by atoms with Crippen molar-refractivity contribution in [3.63, 3.8) is 0 Å². The van der Waals surface area contributed by atoms with Gasteiger partial charge in [0.1, 0.15) is 6.61 Å². The van der Waals surface area contributed by atoms with Gasteiger partial charge in [-0.15, -0.1) is 0 Å². The minimum Gasteiger partial charge on any atom is -0.466 e. The monoisotopic (exact) mass is 369 g/mol. The van der Waals surface area contributed by atoms with E-state index in [-0.39, 0.29) is 23.7 Å². The van der Waals surface area contributed by atoms with E-state index in [0.29, 0.717) is 25.1 Å². The van der Waals surface area contributed by atoms with Crippen LogP contribution in [0.4, 0.5) is 4.79 Å². The maximum atomic E-state index is 12.3.